The van der Waals surface area contributed by atoms with Gasteiger partial charge < -0.3 is 14.0 Å². The van der Waals surface area contributed by atoms with Crippen LogP contribution in [0.1, 0.15) is 20.3 Å². The molecule has 0 spiro atoms. The summed E-state index contributed by atoms with van der Waals surface area (Å²) < 4.78 is 39.1. The van der Waals surface area contributed by atoms with Crippen molar-refractivity contribution in [3.63, 3.8) is 0 Å². The van der Waals surface area contributed by atoms with Crippen molar-refractivity contribution in [3.05, 3.63) is 24.3 Å². The monoisotopic (exact) mass is 454 g/mol. The molecular weight excluding hydrogens is 428 g/mol. The molecule has 1 aromatic carbocycles. The van der Waals surface area contributed by atoms with Gasteiger partial charge in [0.15, 0.2) is 11.0 Å². The van der Waals surface area contributed by atoms with Crippen LogP contribution in [0.2, 0.25) is 0 Å². The number of benzene rings is 1. The summed E-state index contributed by atoms with van der Waals surface area (Å²) in [6, 6.07) is 6.59. The zero-order chi connectivity index (χ0) is 21.7. The van der Waals surface area contributed by atoms with E-state index in [1.165, 1.54) is 16.1 Å². The van der Waals surface area contributed by atoms with E-state index in [1.54, 1.807) is 35.8 Å². The molecule has 2 heterocycles. The van der Waals surface area contributed by atoms with Crippen molar-refractivity contribution in [2.24, 2.45) is 7.05 Å². The number of hydrogen-bond acceptors (Lipinski definition) is 8. The summed E-state index contributed by atoms with van der Waals surface area (Å²) in [7, 11) is -1.73. The van der Waals surface area contributed by atoms with Crippen molar-refractivity contribution in [3.8, 4) is 11.4 Å². The van der Waals surface area contributed by atoms with Gasteiger partial charge in [0, 0.05) is 25.7 Å². The van der Waals surface area contributed by atoms with Gasteiger partial charge in [-0.2, -0.15) is 4.31 Å². The third-order valence-electron chi connectivity index (χ3n) is 4.72. The Labute approximate surface area is 180 Å². The third kappa shape index (κ3) is 4.85. The summed E-state index contributed by atoms with van der Waals surface area (Å²) in [5.74, 6) is 0.318. The second kappa shape index (κ2) is 9.90. The van der Waals surface area contributed by atoms with Crippen molar-refractivity contribution in [1.29, 1.82) is 0 Å². The number of carbonyl (C=O) groups is 1. The second-order valence-electron chi connectivity index (χ2n) is 6.67. The fourth-order valence-electron chi connectivity index (χ4n) is 3.04. The number of esters is 1. The van der Waals surface area contributed by atoms with Gasteiger partial charge in [0.1, 0.15) is 5.25 Å². The highest BCUT2D eigenvalue weighted by Gasteiger charge is 2.27. The van der Waals surface area contributed by atoms with Gasteiger partial charge in [-0.25, -0.2) is 8.42 Å². The van der Waals surface area contributed by atoms with Crippen molar-refractivity contribution in [2.75, 3.05) is 32.9 Å². The first-order valence-corrected chi connectivity index (χ1v) is 12.1. The van der Waals surface area contributed by atoms with Crippen LogP contribution in [0.4, 0.5) is 0 Å². The molecule has 1 fully saturated rings. The summed E-state index contributed by atoms with van der Waals surface area (Å²) in [6.45, 7) is 5.54. The first kappa shape index (κ1) is 22.7. The Morgan fingerprint density at radius 2 is 1.87 bits per heavy atom. The number of carbonyl (C=O) groups excluding carboxylic acids is 1. The molecule has 0 amide bonds. The first-order chi connectivity index (χ1) is 14.4. The molecule has 1 saturated heterocycles. The molecule has 1 aliphatic heterocycles. The molecule has 0 unspecified atom stereocenters. The lowest BCUT2D eigenvalue weighted by atomic mass is 10.2. The minimum atomic E-state index is -3.55. The van der Waals surface area contributed by atoms with Crippen molar-refractivity contribution in [2.45, 2.75) is 35.6 Å². The topological polar surface area (TPSA) is 104 Å². The molecule has 0 N–H and O–H groups in total. The lowest BCUT2D eigenvalue weighted by molar-refractivity contribution is -0.142. The maximum atomic E-state index is 12.8. The smallest absolute Gasteiger partial charge is 0.319 e. The van der Waals surface area contributed by atoms with Gasteiger partial charge in [-0.3, -0.25) is 4.79 Å². The summed E-state index contributed by atoms with van der Waals surface area (Å²) in [5.41, 5.74) is 0.738. The van der Waals surface area contributed by atoms with Crippen molar-refractivity contribution in [1.82, 2.24) is 19.1 Å². The van der Waals surface area contributed by atoms with E-state index in [0.717, 1.165) is 5.56 Å². The number of nitrogens with zero attached hydrogens (tertiary/aromatic N) is 4. The molecule has 0 bridgehead atoms. The zero-order valence-corrected chi connectivity index (χ0v) is 18.9. The molecule has 9 nitrogen and oxygen atoms in total. The van der Waals surface area contributed by atoms with Gasteiger partial charge in [-0.1, -0.05) is 18.7 Å². The molecule has 0 saturated carbocycles. The average molecular weight is 455 g/mol. The Bertz CT molecular complexity index is 969. The average Bonchev–Trinajstić information content (AvgIpc) is 3.12. The second-order valence-corrected chi connectivity index (χ2v) is 9.78. The highest BCUT2D eigenvalue weighted by molar-refractivity contribution is 8.00. The predicted molar refractivity (Wildman–Crippen MR) is 113 cm³/mol. The Balaban J connectivity index is 1.78. The Morgan fingerprint density at radius 3 is 2.47 bits per heavy atom. The van der Waals surface area contributed by atoms with Crippen LogP contribution in [-0.2, 0) is 31.3 Å². The molecule has 164 valence electrons. The number of rotatable bonds is 8. The van der Waals surface area contributed by atoms with Crippen molar-refractivity contribution < 1.29 is 22.7 Å². The van der Waals surface area contributed by atoms with Crippen molar-refractivity contribution >= 4 is 27.8 Å². The molecule has 11 heteroatoms. The van der Waals surface area contributed by atoms with E-state index in [4.69, 9.17) is 9.47 Å². The van der Waals surface area contributed by atoms with E-state index in [1.807, 2.05) is 14.0 Å². The van der Waals surface area contributed by atoms with E-state index in [-0.39, 0.29) is 16.1 Å². The van der Waals surface area contributed by atoms with Gasteiger partial charge in [0.25, 0.3) is 0 Å². The zero-order valence-electron chi connectivity index (χ0n) is 17.3. The molecular formula is C19H26N4O5S2. The standard InChI is InChI=1S/C19H26N4O5S2/c1-4-16(18(24)28-5-2)29-19-21-20-17(22(19)3)14-6-8-15(9-7-14)30(25,26)23-10-12-27-13-11-23/h6-9,16H,4-5,10-13H2,1-3H3/t16-/m1/s1. The van der Waals surface area contributed by atoms with Gasteiger partial charge in [0.05, 0.1) is 24.7 Å². The Morgan fingerprint density at radius 1 is 1.20 bits per heavy atom. The predicted octanol–water partition coefficient (Wildman–Crippen LogP) is 1.94. The summed E-state index contributed by atoms with van der Waals surface area (Å²) in [6.07, 6.45) is 0.611. The number of ether oxygens (including phenoxy) is 2. The highest BCUT2D eigenvalue weighted by Crippen LogP contribution is 2.28. The van der Waals surface area contributed by atoms with Gasteiger partial charge in [0.2, 0.25) is 10.0 Å². The van der Waals surface area contributed by atoms with E-state index in [2.05, 4.69) is 10.2 Å². The maximum absolute atomic E-state index is 12.8. The molecule has 3 rings (SSSR count). The molecule has 1 atom stereocenters. The quantitative estimate of drug-likeness (QED) is 0.440. The van der Waals surface area contributed by atoms with Crippen LogP contribution in [0.25, 0.3) is 11.4 Å². The van der Waals surface area contributed by atoms with Crippen LogP contribution in [0, 0.1) is 0 Å². The van der Waals surface area contributed by atoms with Crippen LogP contribution in [-0.4, -0.2) is 71.6 Å². The van der Waals surface area contributed by atoms with E-state index in [9.17, 15) is 13.2 Å². The molecule has 0 aliphatic carbocycles. The number of hydrogen-bond donors (Lipinski definition) is 0. The van der Waals surface area contributed by atoms with E-state index >= 15 is 0 Å². The Hall–Kier alpha value is -1.95. The normalized spacial score (nSPS) is 16.4. The molecule has 1 aromatic heterocycles. The Kier molecular flexibility index (Phi) is 7.50. The lowest BCUT2D eigenvalue weighted by Gasteiger charge is -2.26. The van der Waals surface area contributed by atoms with Crippen LogP contribution in [0.3, 0.4) is 0 Å². The van der Waals surface area contributed by atoms with Crippen LogP contribution >= 0.6 is 11.8 Å². The van der Waals surface area contributed by atoms with Gasteiger partial charge in [-0.05, 0) is 37.6 Å². The minimum Gasteiger partial charge on any atom is -0.465 e. The summed E-state index contributed by atoms with van der Waals surface area (Å²) in [5, 5.41) is 8.65. The van der Waals surface area contributed by atoms with E-state index < -0.39 is 10.0 Å². The van der Waals surface area contributed by atoms with E-state index in [0.29, 0.717) is 50.3 Å². The molecule has 0 radical (unpaired) electrons. The van der Waals surface area contributed by atoms with Gasteiger partial charge in [-0.15, -0.1) is 10.2 Å². The SMILES string of the molecule is CCOC(=O)[C@@H](CC)Sc1nnc(-c2ccc(S(=O)(=O)N3CCOCC3)cc2)n1C. The fourth-order valence-corrected chi connectivity index (χ4v) is 5.37. The third-order valence-corrected chi connectivity index (χ3v) is 8.01. The highest BCUT2D eigenvalue weighted by atomic mass is 32.2. The minimum absolute atomic E-state index is 0.235. The molecule has 30 heavy (non-hydrogen) atoms. The van der Waals surface area contributed by atoms with Crippen LogP contribution in [0.5, 0.6) is 0 Å². The number of aromatic nitrogens is 3. The first-order valence-electron chi connectivity index (χ1n) is 9.79. The van der Waals surface area contributed by atoms with Gasteiger partial charge >= 0.3 is 5.97 Å². The number of sulfonamides is 1. The summed E-state index contributed by atoms with van der Waals surface area (Å²) in [4.78, 5) is 12.3. The fraction of sp³-hybridized carbons (Fsp3) is 0.526. The maximum Gasteiger partial charge on any atom is 0.319 e. The summed E-state index contributed by atoms with van der Waals surface area (Å²) >= 11 is 1.31. The molecule has 1 aliphatic rings. The largest absolute Gasteiger partial charge is 0.465 e. The number of thioether (sulfide) groups is 1. The van der Waals surface area contributed by atoms with Crippen LogP contribution < -0.4 is 0 Å². The molecule has 2 aromatic rings. The lowest BCUT2D eigenvalue weighted by Crippen LogP contribution is -2.40. The number of morpholine rings is 1. The van der Waals surface area contributed by atoms with Crippen LogP contribution in [0.15, 0.2) is 34.3 Å².